The molecule has 3 aromatic carbocycles. The lowest BCUT2D eigenvalue weighted by Crippen LogP contribution is -2.49. The van der Waals surface area contributed by atoms with Crippen molar-refractivity contribution in [3.05, 3.63) is 115 Å². The molecule has 0 N–H and O–H groups in total. The summed E-state index contributed by atoms with van der Waals surface area (Å²) in [7, 11) is 0. The predicted octanol–water partition coefficient (Wildman–Crippen LogP) is 5.89. The van der Waals surface area contributed by atoms with Gasteiger partial charge in [0.25, 0.3) is 0 Å². The highest BCUT2D eigenvalue weighted by atomic mass is 16.5. The fourth-order valence-electron chi connectivity index (χ4n) is 4.85. The van der Waals surface area contributed by atoms with E-state index in [0.29, 0.717) is 13.0 Å². The highest BCUT2D eigenvalue weighted by molar-refractivity contribution is 5.80. The predicted molar refractivity (Wildman–Crippen MR) is 136 cm³/mol. The second-order valence-electron chi connectivity index (χ2n) is 9.38. The maximum Gasteiger partial charge on any atom is 0.229 e. The molecule has 1 atom stereocenters. The number of carbonyl (C=O) groups excluding carboxylic acids is 1. The van der Waals surface area contributed by atoms with Gasteiger partial charge < -0.3 is 14.2 Å². The molecule has 4 aromatic rings. The van der Waals surface area contributed by atoms with Gasteiger partial charge in [-0.1, -0.05) is 72.8 Å². The molecular formula is C30H30N2O2. The summed E-state index contributed by atoms with van der Waals surface area (Å²) in [6.07, 6.45) is 5.22. The third-order valence-corrected chi connectivity index (χ3v) is 6.54. The standard InChI is InChI=1S/C30H30N2O2/c1-30(2)32(28(22-34-30)19-23-9-5-3-6-10-23)29(33)20-24-17-18-31(21-24)27-15-13-26(14-16-27)25-11-7-4-8-12-25/h3-18,21,28H,19-20,22H2,1-2H3. The molecule has 1 aromatic heterocycles. The molecule has 0 aliphatic carbocycles. The highest BCUT2D eigenvalue weighted by Gasteiger charge is 2.43. The number of benzene rings is 3. The van der Waals surface area contributed by atoms with Crippen LogP contribution in [0.2, 0.25) is 0 Å². The van der Waals surface area contributed by atoms with E-state index < -0.39 is 5.72 Å². The Morgan fingerprint density at radius 1 is 0.853 bits per heavy atom. The van der Waals surface area contributed by atoms with Crippen molar-refractivity contribution in [3.8, 4) is 16.8 Å². The van der Waals surface area contributed by atoms with Crippen LogP contribution in [0.5, 0.6) is 0 Å². The zero-order chi connectivity index (χ0) is 23.5. The number of rotatable bonds is 6. The topological polar surface area (TPSA) is 34.5 Å². The molecule has 1 aliphatic heterocycles. The van der Waals surface area contributed by atoms with Gasteiger partial charge in [-0.15, -0.1) is 0 Å². The van der Waals surface area contributed by atoms with Gasteiger partial charge in [0.05, 0.1) is 19.1 Å². The molecule has 0 saturated carbocycles. The average molecular weight is 451 g/mol. The Morgan fingerprint density at radius 2 is 1.50 bits per heavy atom. The number of aromatic nitrogens is 1. The van der Waals surface area contributed by atoms with Crippen molar-refractivity contribution in [2.24, 2.45) is 0 Å². The summed E-state index contributed by atoms with van der Waals surface area (Å²) >= 11 is 0. The molecule has 1 unspecified atom stereocenters. The van der Waals surface area contributed by atoms with Gasteiger partial charge in [0.2, 0.25) is 5.91 Å². The maximum absolute atomic E-state index is 13.4. The Kier molecular flexibility index (Phi) is 6.08. The minimum atomic E-state index is -0.605. The monoisotopic (exact) mass is 450 g/mol. The molecule has 5 rings (SSSR count). The Labute approximate surface area is 201 Å². The van der Waals surface area contributed by atoms with Crippen molar-refractivity contribution >= 4 is 5.91 Å². The summed E-state index contributed by atoms with van der Waals surface area (Å²) in [4.78, 5) is 15.4. The molecule has 4 heteroatoms. The van der Waals surface area contributed by atoms with E-state index in [1.54, 1.807) is 0 Å². The van der Waals surface area contributed by atoms with Gasteiger partial charge in [0.1, 0.15) is 5.72 Å². The Hall–Kier alpha value is -3.63. The van der Waals surface area contributed by atoms with Crippen LogP contribution in [0.3, 0.4) is 0 Å². The lowest BCUT2D eigenvalue weighted by Gasteiger charge is -2.34. The highest BCUT2D eigenvalue weighted by Crippen LogP contribution is 2.30. The van der Waals surface area contributed by atoms with Crippen LogP contribution >= 0.6 is 0 Å². The number of nitrogens with zero attached hydrogens (tertiary/aromatic N) is 2. The van der Waals surface area contributed by atoms with Crippen LogP contribution in [0.1, 0.15) is 25.0 Å². The summed E-state index contributed by atoms with van der Waals surface area (Å²) in [5.41, 5.74) is 5.08. The lowest BCUT2D eigenvalue weighted by atomic mass is 10.0. The molecule has 2 heterocycles. The van der Waals surface area contributed by atoms with Gasteiger partial charge in [-0.25, -0.2) is 0 Å². The third-order valence-electron chi connectivity index (χ3n) is 6.54. The molecule has 1 saturated heterocycles. The molecule has 1 amide bonds. The van der Waals surface area contributed by atoms with Crippen molar-refractivity contribution in [2.75, 3.05) is 6.61 Å². The summed E-state index contributed by atoms with van der Waals surface area (Å²) in [6, 6.07) is 31.2. The van der Waals surface area contributed by atoms with Gasteiger partial charge in [0.15, 0.2) is 0 Å². The normalized spacial score (nSPS) is 17.1. The van der Waals surface area contributed by atoms with Crippen molar-refractivity contribution in [1.82, 2.24) is 9.47 Å². The molecule has 1 aliphatic rings. The third kappa shape index (κ3) is 4.68. The average Bonchev–Trinajstić information content (AvgIpc) is 3.44. The Morgan fingerprint density at radius 3 is 2.21 bits per heavy atom. The molecular weight excluding hydrogens is 420 g/mol. The van der Waals surface area contributed by atoms with Crippen LogP contribution in [0.4, 0.5) is 0 Å². The van der Waals surface area contributed by atoms with Crippen molar-refractivity contribution < 1.29 is 9.53 Å². The van der Waals surface area contributed by atoms with E-state index in [2.05, 4.69) is 65.2 Å². The fourth-order valence-corrected chi connectivity index (χ4v) is 4.85. The SMILES string of the molecule is CC1(C)OCC(Cc2ccccc2)N1C(=O)Cc1ccn(-c2ccc(-c3ccccc3)cc2)c1. The number of ether oxygens (including phenoxy) is 1. The molecule has 1 fully saturated rings. The summed E-state index contributed by atoms with van der Waals surface area (Å²) < 4.78 is 8.09. The van der Waals surface area contributed by atoms with Crippen LogP contribution in [-0.4, -0.2) is 33.7 Å². The molecule has 4 nitrogen and oxygen atoms in total. The fraction of sp³-hybridized carbons (Fsp3) is 0.233. The van der Waals surface area contributed by atoms with Crippen LogP contribution in [0, 0.1) is 0 Å². The van der Waals surface area contributed by atoms with Gasteiger partial charge >= 0.3 is 0 Å². The Balaban J connectivity index is 1.29. The van der Waals surface area contributed by atoms with Crippen LogP contribution in [-0.2, 0) is 22.4 Å². The second kappa shape index (κ2) is 9.32. The van der Waals surface area contributed by atoms with Crippen LogP contribution in [0.15, 0.2) is 103 Å². The van der Waals surface area contributed by atoms with Gasteiger partial charge in [-0.3, -0.25) is 4.79 Å². The van der Waals surface area contributed by atoms with Crippen molar-refractivity contribution in [2.45, 2.75) is 38.5 Å². The maximum atomic E-state index is 13.4. The molecule has 0 spiro atoms. The molecule has 34 heavy (non-hydrogen) atoms. The largest absolute Gasteiger partial charge is 0.354 e. The molecule has 0 bridgehead atoms. The van der Waals surface area contributed by atoms with Crippen LogP contribution in [0.25, 0.3) is 16.8 Å². The van der Waals surface area contributed by atoms with Gasteiger partial charge in [-0.2, -0.15) is 0 Å². The van der Waals surface area contributed by atoms with Crippen molar-refractivity contribution in [3.63, 3.8) is 0 Å². The first-order valence-electron chi connectivity index (χ1n) is 11.8. The zero-order valence-corrected chi connectivity index (χ0v) is 19.7. The quantitative estimate of drug-likeness (QED) is 0.367. The molecule has 172 valence electrons. The summed E-state index contributed by atoms with van der Waals surface area (Å²) in [5.74, 6) is 0.0978. The number of hydrogen-bond donors (Lipinski definition) is 0. The minimum Gasteiger partial charge on any atom is -0.354 e. The first-order chi connectivity index (χ1) is 16.5. The first kappa shape index (κ1) is 22.2. The smallest absolute Gasteiger partial charge is 0.229 e. The first-order valence-corrected chi connectivity index (χ1v) is 11.8. The van der Waals surface area contributed by atoms with Crippen LogP contribution < -0.4 is 0 Å². The number of carbonyl (C=O) groups is 1. The second-order valence-corrected chi connectivity index (χ2v) is 9.38. The van der Waals surface area contributed by atoms with E-state index in [4.69, 9.17) is 4.74 Å². The summed E-state index contributed by atoms with van der Waals surface area (Å²) in [5, 5.41) is 0. The van der Waals surface area contributed by atoms with Crippen molar-refractivity contribution in [1.29, 1.82) is 0 Å². The van der Waals surface area contributed by atoms with E-state index in [1.807, 2.05) is 61.5 Å². The van der Waals surface area contributed by atoms with Gasteiger partial charge in [-0.05, 0) is 60.7 Å². The summed E-state index contributed by atoms with van der Waals surface area (Å²) in [6.45, 7) is 4.52. The van der Waals surface area contributed by atoms with Gasteiger partial charge in [0, 0.05) is 18.1 Å². The number of amides is 1. The zero-order valence-electron chi connectivity index (χ0n) is 19.7. The van der Waals surface area contributed by atoms with E-state index >= 15 is 0 Å². The van der Waals surface area contributed by atoms with E-state index in [-0.39, 0.29) is 11.9 Å². The van der Waals surface area contributed by atoms with E-state index in [1.165, 1.54) is 16.7 Å². The van der Waals surface area contributed by atoms with E-state index in [0.717, 1.165) is 17.7 Å². The lowest BCUT2D eigenvalue weighted by molar-refractivity contribution is -0.145. The van der Waals surface area contributed by atoms with E-state index in [9.17, 15) is 4.79 Å². The minimum absolute atomic E-state index is 0.0394. The molecule has 0 radical (unpaired) electrons. The number of hydrogen-bond acceptors (Lipinski definition) is 2. The Bertz CT molecular complexity index is 1240.